The molecule has 26 heavy (non-hydrogen) atoms. The summed E-state index contributed by atoms with van der Waals surface area (Å²) in [4.78, 5) is 0. The molecule has 0 radical (unpaired) electrons. The number of rotatable bonds is 5. The fraction of sp³-hybridized carbons (Fsp3) is 0.143. The van der Waals surface area contributed by atoms with Crippen molar-refractivity contribution in [2.45, 2.75) is 6.92 Å². The third-order valence-corrected chi connectivity index (χ3v) is 4.06. The van der Waals surface area contributed by atoms with Crippen LogP contribution in [0.25, 0.3) is 21.9 Å². The van der Waals surface area contributed by atoms with Crippen LogP contribution in [0.15, 0.2) is 54.6 Å². The summed E-state index contributed by atoms with van der Waals surface area (Å²) in [7, 11) is 1.23. The first-order valence-electron chi connectivity index (χ1n) is 8.05. The third kappa shape index (κ3) is 3.25. The van der Waals surface area contributed by atoms with Crippen molar-refractivity contribution in [2.24, 2.45) is 0 Å². The molecule has 0 amide bonds. The lowest BCUT2D eigenvalue weighted by molar-refractivity contribution is 0.363. The summed E-state index contributed by atoms with van der Waals surface area (Å²) in [6, 6.07) is 11.1. The van der Waals surface area contributed by atoms with Crippen LogP contribution < -0.4 is 9.47 Å². The second-order valence-electron chi connectivity index (χ2n) is 5.64. The molecule has 0 bridgehead atoms. The number of methoxy groups -OCH3 is 1. The van der Waals surface area contributed by atoms with Crippen molar-refractivity contribution >= 4 is 10.8 Å². The first-order valence-corrected chi connectivity index (χ1v) is 8.05. The summed E-state index contributed by atoms with van der Waals surface area (Å²) in [6.45, 7) is 2.33. The molecule has 0 aromatic heterocycles. The average Bonchev–Trinajstić information content (AvgIpc) is 2.65. The lowest BCUT2D eigenvalue weighted by Gasteiger charge is -2.11. The minimum Gasteiger partial charge on any atom is -0.494 e. The summed E-state index contributed by atoms with van der Waals surface area (Å²) < 4.78 is 53.4. The van der Waals surface area contributed by atoms with Crippen molar-refractivity contribution in [3.63, 3.8) is 0 Å². The van der Waals surface area contributed by atoms with E-state index in [0.717, 1.165) is 0 Å². The van der Waals surface area contributed by atoms with Gasteiger partial charge in [-0.15, -0.1) is 0 Å². The van der Waals surface area contributed by atoms with Gasteiger partial charge >= 0.3 is 0 Å². The van der Waals surface area contributed by atoms with Gasteiger partial charge in [-0.1, -0.05) is 36.4 Å². The van der Waals surface area contributed by atoms with Crippen molar-refractivity contribution in [1.82, 2.24) is 0 Å². The number of fused-ring (bicyclic) bond motifs is 1. The highest BCUT2D eigenvalue weighted by atomic mass is 19.2. The van der Waals surface area contributed by atoms with Crippen molar-refractivity contribution in [3.05, 3.63) is 72.1 Å². The molecule has 0 spiro atoms. The van der Waals surface area contributed by atoms with Gasteiger partial charge in [-0.3, -0.25) is 0 Å². The second-order valence-corrected chi connectivity index (χ2v) is 5.64. The zero-order chi connectivity index (χ0) is 18.7. The number of hydrogen-bond acceptors (Lipinski definition) is 2. The van der Waals surface area contributed by atoms with Crippen LogP contribution in [0.3, 0.4) is 0 Å². The quantitative estimate of drug-likeness (QED) is 0.530. The molecule has 134 valence electrons. The molecule has 0 unspecified atom stereocenters. The highest BCUT2D eigenvalue weighted by Crippen LogP contribution is 2.35. The second kappa shape index (κ2) is 7.52. The van der Waals surface area contributed by atoms with E-state index in [1.54, 1.807) is 24.3 Å². The molecule has 0 fully saturated rings. The Morgan fingerprint density at radius 1 is 0.923 bits per heavy atom. The molecule has 0 aliphatic rings. The van der Waals surface area contributed by atoms with E-state index in [9.17, 15) is 13.2 Å². The van der Waals surface area contributed by atoms with E-state index in [1.807, 2.05) is 19.1 Å². The van der Waals surface area contributed by atoms with E-state index in [4.69, 9.17) is 9.47 Å². The van der Waals surface area contributed by atoms with E-state index >= 15 is 0 Å². The van der Waals surface area contributed by atoms with E-state index < -0.39 is 22.8 Å². The molecule has 2 nitrogen and oxygen atoms in total. The van der Waals surface area contributed by atoms with Gasteiger partial charge in [0.25, 0.3) is 0 Å². The Morgan fingerprint density at radius 3 is 2.31 bits per heavy atom. The maximum atomic E-state index is 14.9. The highest BCUT2D eigenvalue weighted by Gasteiger charge is 2.19. The van der Waals surface area contributed by atoms with Crippen LogP contribution in [0.5, 0.6) is 11.5 Å². The minimum atomic E-state index is -1.26. The summed E-state index contributed by atoms with van der Waals surface area (Å²) in [5, 5.41) is -0.164. The molecule has 0 heterocycles. The molecule has 0 aliphatic heterocycles. The molecule has 3 rings (SSSR count). The SMILES string of the molecule is CC=CCOc1ccc(-c2ccc3cc(OC)c(F)c(F)c3c2F)cc1. The van der Waals surface area contributed by atoms with Gasteiger partial charge in [-0.2, -0.15) is 4.39 Å². The van der Waals surface area contributed by atoms with Gasteiger partial charge in [0.15, 0.2) is 11.6 Å². The van der Waals surface area contributed by atoms with Crippen LogP contribution in [0.1, 0.15) is 6.92 Å². The van der Waals surface area contributed by atoms with Crippen LogP contribution in [0.4, 0.5) is 13.2 Å². The van der Waals surface area contributed by atoms with Gasteiger partial charge in [-0.05, 0) is 36.1 Å². The smallest absolute Gasteiger partial charge is 0.201 e. The van der Waals surface area contributed by atoms with Gasteiger partial charge in [-0.25, -0.2) is 8.78 Å². The first kappa shape index (κ1) is 17.9. The van der Waals surface area contributed by atoms with Gasteiger partial charge in [0.1, 0.15) is 18.2 Å². The van der Waals surface area contributed by atoms with Crippen molar-refractivity contribution in [3.8, 4) is 22.6 Å². The largest absolute Gasteiger partial charge is 0.494 e. The van der Waals surface area contributed by atoms with E-state index in [1.165, 1.54) is 25.3 Å². The Balaban J connectivity index is 2.03. The molecule has 0 atom stereocenters. The summed E-state index contributed by atoms with van der Waals surface area (Å²) >= 11 is 0. The van der Waals surface area contributed by atoms with E-state index in [-0.39, 0.29) is 16.7 Å². The molecule has 5 heteroatoms. The van der Waals surface area contributed by atoms with Gasteiger partial charge in [0.2, 0.25) is 5.82 Å². The lowest BCUT2D eigenvalue weighted by Crippen LogP contribution is -1.97. The number of hydrogen-bond donors (Lipinski definition) is 0. The molecule has 0 aliphatic carbocycles. The van der Waals surface area contributed by atoms with Crippen molar-refractivity contribution < 1.29 is 22.6 Å². The van der Waals surface area contributed by atoms with E-state index in [0.29, 0.717) is 17.9 Å². The lowest BCUT2D eigenvalue weighted by atomic mass is 9.99. The standard InChI is InChI=1S/C21H17F3O2/c1-3-4-11-26-15-8-5-13(6-9-15)16-10-7-14-12-17(25-2)20(23)21(24)18(14)19(16)22/h3-10,12H,11H2,1-2H3. The predicted octanol–water partition coefficient (Wildman–Crippen LogP) is 5.89. The van der Waals surface area contributed by atoms with Crippen LogP contribution in [0, 0.1) is 17.5 Å². The topological polar surface area (TPSA) is 18.5 Å². The predicted molar refractivity (Wildman–Crippen MR) is 96.1 cm³/mol. The van der Waals surface area contributed by atoms with E-state index in [2.05, 4.69) is 0 Å². The number of ether oxygens (including phenoxy) is 2. The molecular formula is C21H17F3O2. The summed E-state index contributed by atoms with van der Waals surface area (Å²) in [6.07, 6.45) is 3.74. The molecule has 0 saturated heterocycles. The number of halogens is 3. The normalized spacial score (nSPS) is 11.3. The Hall–Kier alpha value is -2.95. The summed E-state index contributed by atoms with van der Waals surface area (Å²) in [5.41, 5.74) is 0.722. The maximum absolute atomic E-state index is 14.9. The van der Waals surface area contributed by atoms with Gasteiger partial charge in [0, 0.05) is 5.56 Å². The van der Waals surface area contributed by atoms with Crippen molar-refractivity contribution in [1.29, 1.82) is 0 Å². The third-order valence-electron chi connectivity index (χ3n) is 4.06. The Kier molecular flexibility index (Phi) is 5.16. The van der Waals surface area contributed by atoms with Crippen LogP contribution >= 0.6 is 0 Å². The minimum absolute atomic E-state index is 0.181. The molecule has 0 N–H and O–H groups in total. The Bertz CT molecular complexity index is 963. The van der Waals surface area contributed by atoms with Crippen LogP contribution in [0.2, 0.25) is 0 Å². The Labute approximate surface area is 149 Å². The van der Waals surface area contributed by atoms with Crippen molar-refractivity contribution in [2.75, 3.05) is 13.7 Å². The maximum Gasteiger partial charge on any atom is 0.201 e. The molecule has 0 saturated carbocycles. The molecule has 3 aromatic carbocycles. The highest BCUT2D eigenvalue weighted by molar-refractivity contribution is 5.90. The fourth-order valence-corrected chi connectivity index (χ4v) is 2.70. The average molecular weight is 358 g/mol. The zero-order valence-electron chi connectivity index (χ0n) is 14.4. The Morgan fingerprint density at radius 2 is 1.65 bits per heavy atom. The summed E-state index contributed by atoms with van der Waals surface area (Å²) in [5.74, 6) is -2.90. The zero-order valence-corrected chi connectivity index (χ0v) is 14.4. The molecular weight excluding hydrogens is 341 g/mol. The number of benzene rings is 3. The fourth-order valence-electron chi connectivity index (χ4n) is 2.70. The monoisotopic (exact) mass is 358 g/mol. The number of allylic oxidation sites excluding steroid dienone is 1. The molecule has 3 aromatic rings. The van der Waals surface area contributed by atoms with Gasteiger partial charge in [0.05, 0.1) is 12.5 Å². The van der Waals surface area contributed by atoms with Crippen LogP contribution in [-0.2, 0) is 0 Å². The van der Waals surface area contributed by atoms with Gasteiger partial charge < -0.3 is 9.47 Å². The van der Waals surface area contributed by atoms with Crippen LogP contribution in [-0.4, -0.2) is 13.7 Å². The first-order chi connectivity index (χ1) is 12.6.